The van der Waals surface area contributed by atoms with Crippen molar-refractivity contribution in [3.63, 3.8) is 0 Å². The lowest BCUT2D eigenvalue weighted by atomic mass is 10.3. The van der Waals surface area contributed by atoms with E-state index in [0.29, 0.717) is 18.9 Å². The quantitative estimate of drug-likeness (QED) is 0.721. The molecular weight excluding hydrogens is 246 g/mol. The highest BCUT2D eigenvalue weighted by atomic mass is 16.6. The summed E-state index contributed by atoms with van der Waals surface area (Å²) in [5.41, 5.74) is 0.981. The van der Waals surface area contributed by atoms with E-state index in [1.807, 2.05) is 12.1 Å². The fourth-order valence-electron chi connectivity index (χ4n) is 1.71. The molecule has 1 aliphatic heterocycles. The van der Waals surface area contributed by atoms with Crippen LogP contribution in [0.1, 0.15) is 19.0 Å². The first-order valence-corrected chi connectivity index (χ1v) is 6.51. The van der Waals surface area contributed by atoms with Gasteiger partial charge in [0.2, 0.25) is 0 Å². The van der Waals surface area contributed by atoms with Crippen LogP contribution in [0.3, 0.4) is 0 Å². The number of nitrogens with one attached hydrogen (secondary N) is 2. The number of hydrogen-bond acceptors (Lipinski definition) is 5. The highest BCUT2D eigenvalue weighted by molar-refractivity contribution is 5.69. The van der Waals surface area contributed by atoms with Gasteiger partial charge in [-0.2, -0.15) is 0 Å². The Bertz CT molecular complexity index is 408. The number of alkyl carbamates (subject to hydrolysis) is 1. The SMILES string of the molecule is CCCNCc1ccc(OCC2CNC(=O)O2)cn1. The molecule has 1 amide bonds. The van der Waals surface area contributed by atoms with E-state index in [4.69, 9.17) is 9.47 Å². The predicted molar refractivity (Wildman–Crippen MR) is 70.0 cm³/mol. The summed E-state index contributed by atoms with van der Waals surface area (Å²) in [5.74, 6) is 0.683. The van der Waals surface area contributed by atoms with Gasteiger partial charge in [0.25, 0.3) is 0 Å². The van der Waals surface area contributed by atoms with Gasteiger partial charge in [-0.3, -0.25) is 4.98 Å². The maximum absolute atomic E-state index is 10.8. The molecule has 0 radical (unpaired) electrons. The second kappa shape index (κ2) is 6.94. The van der Waals surface area contributed by atoms with Crippen LogP contribution in [0.4, 0.5) is 4.79 Å². The van der Waals surface area contributed by atoms with Crippen molar-refractivity contribution < 1.29 is 14.3 Å². The molecule has 1 fully saturated rings. The molecule has 19 heavy (non-hydrogen) atoms. The molecule has 1 aliphatic rings. The molecule has 0 aliphatic carbocycles. The van der Waals surface area contributed by atoms with Gasteiger partial charge in [0.1, 0.15) is 12.4 Å². The van der Waals surface area contributed by atoms with Crippen molar-refractivity contribution in [3.05, 3.63) is 24.0 Å². The van der Waals surface area contributed by atoms with Crippen LogP contribution in [0.25, 0.3) is 0 Å². The van der Waals surface area contributed by atoms with Crippen molar-refractivity contribution in [1.82, 2.24) is 15.6 Å². The monoisotopic (exact) mass is 265 g/mol. The van der Waals surface area contributed by atoms with E-state index in [-0.39, 0.29) is 12.2 Å². The Morgan fingerprint density at radius 1 is 1.58 bits per heavy atom. The summed E-state index contributed by atoms with van der Waals surface area (Å²) in [5, 5.41) is 5.86. The van der Waals surface area contributed by atoms with E-state index in [0.717, 1.165) is 25.2 Å². The largest absolute Gasteiger partial charge is 0.488 e. The number of rotatable bonds is 7. The van der Waals surface area contributed by atoms with Gasteiger partial charge in [-0.25, -0.2) is 4.79 Å². The second-order valence-electron chi connectivity index (χ2n) is 4.38. The fourth-order valence-corrected chi connectivity index (χ4v) is 1.71. The highest BCUT2D eigenvalue weighted by Gasteiger charge is 2.22. The van der Waals surface area contributed by atoms with E-state index in [1.165, 1.54) is 0 Å². The maximum Gasteiger partial charge on any atom is 0.407 e. The minimum atomic E-state index is -0.385. The first-order valence-electron chi connectivity index (χ1n) is 6.51. The van der Waals surface area contributed by atoms with Gasteiger partial charge in [0.15, 0.2) is 6.10 Å². The molecule has 1 aromatic rings. The van der Waals surface area contributed by atoms with Crippen LogP contribution in [-0.4, -0.2) is 36.9 Å². The molecule has 0 aromatic carbocycles. The minimum absolute atomic E-state index is 0.224. The smallest absolute Gasteiger partial charge is 0.407 e. The third-order valence-corrected chi connectivity index (χ3v) is 2.71. The Morgan fingerprint density at radius 3 is 3.11 bits per heavy atom. The van der Waals surface area contributed by atoms with Gasteiger partial charge in [0.05, 0.1) is 18.4 Å². The van der Waals surface area contributed by atoms with Crippen molar-refractivity contribution in [1.29, 1.82) is 0 Å². The Labute approximate surface area is 112 Å². The molecule has 6 heteroatoms. The number of pyridine rings is 1. The van der Waals surface area contributed by atoms with Crippen LogP contribution in [0.15, 0.2) is 18.3 Å². The molecule has 0 saturated carbocycles. The van der Waals surface area contributed by atoms with Gasteiger partial charge >= 0.3 is 6.09 Å². The molecule has 1 saturated heterocycles. The van der Waals surface area contributed by atoms with E-state index in [9.17, 15) is 4.79 Å². The molecule has 1 aromatic heterocycles. The van der Waals surface area contributed by atoms with E-state index < -0.39 is 0 Å². The second-order valence-corrected chi connectivity index (χ2v) is 4.38. The lowest BCUT2D eigenvalue weighted by Gasteiger charge is -2.10. The summed E-state index contributed by atoms with van der Waals surface area (Å²) in [7, 11) is 0. The zero-order valence-electron chi connectivity index (χ0n) is 11.0. The Morgan fingerprint density at radius 2 is 2.47 bits per heavy atom. The van der Waals surface area contributed by atoms with Gasteiger partial charge in [-0.15, -0.1) is 0 Å². The zero-order valence-corrected chi connectivity index (χ0v) is 11.0. The molecule has 0 bridgehead atoms. The van der Waals surface area contributed by atoms with Crippen molar-refractivity contribution in [2.45, 2.75) is 26.0 Å². The number of carbonyl (C=O) groups is 1. The number of carbonyl (C=O) groups excluding carboxylic acids is 1. The number of nitrogens with zero attached hydrogens (tertiary/aromatic N) is 1. The average molecular weight is 265 g/mol. The molecule has 2 rings (SSSR count). The third kappa shape index (κ3) is 4.40. The van der Waals surface area contributed by atoms with E-state index >= 15 is 0 Å². The molecule has 104 valence electrons. The summed E-state index contributed by atoms with van der Waals surface area (Å²) in [6.07, 6.45) is 2.19. The van der Waals surface area contributed by atoms with Crippen LogP contribution >= 0.6 is 0 Å². The summed E-state index contributed by atoms with van der Waals surface area (Å²) in [6, 6.07) is 3.80. The molecule has 1 atom stereocenters. The van der Waals surface area contributed by atoms with Crippen LogP contribution in [0.2, 0.25) is 0 Å². The molecule has 6 nitrogen and oxygen atoms in total. The number of aromatic nitrogens is 1. The van der Waals surface area contributed by atoms with Crippen molar-refractivity contribution in [2.75, 3.05) is 19.7 Å². The number of ether oxygens (including phenoxy) is 2. The highest BCUT2D eigenvalue weighted by Crippen LogP contribution is 2.11. The standard InChI is InChI=1S/C13H19N3O3/c1-2-5-14-6-10-3-4-11(7-15-10)18-9-12-8-16-13(17)19-12/h3-4,7,12,14H,2,5-6,8-9H2,1H3,(H,16,17). The van der Waals surface area contributed by atoms with Gasteiger partial charge in [-0.05, 0) is 25.1 Å². The summed E-state index contributed by atoms with van der Waals surface area (Å²) in [4.78, 5) is 15.1. The zero-order chi connectivity index (χ0) is 13.5. The summed E-state index contributed by atoms with van der Waals surface area (Å²) in [6.45, 7) is 4.71. The Hall–Kier alpha value is -1.82. The molecule has 1 unspecified atom stereocenters. The number of cyclic esters (lactones) is 1. The summed E-state index contributed by atoms with van der Waals surface area (Å²) >= 11 is 0. The van der Waals surface area contributed by atoms with Crippen LogP contribution in [-0.2, 0) is 11.3 Å². The van der Waals surface area contributed by atoms with Crippen molar-refractivity contribution >= 4 is 6.09 Å². The fraction of sp³-hybridized carbons (Fsp3) is 0.538. The van der Waals surface area contributed by atoms with Crippen LogP contribution in [0.5, 0.6) is 5.75 Å². The van der Waals surface area contributed by atoms with E-state index in [2.05, 4.69) is 22.5 Å². The van der Waals surface area contributed by atoms with Crippen LogP contribution < -0.4 is 15.4 Å². The molecular formula is C13H19N3O3. The lowest BCUT2D eigenvalue weighted by molar-refractivity contribution is 0.104. The normalized spacial score (nSPS) is 17.9. The molecule has 2 N–H and O–H groups in total. The van der Waals surface area contributed by atoms with Gasteiger partial charge in [0, 0.05) is 6.54 Å². The van der Waals surface area contributed by atoms with Gasteiger partial charge in [-0.1, -0.05) is 6.92 Å². The lowest BCUT2D eigenvalue weighted by Crippen LogP contribution is -2.22. The predicted octanol–water partition coefficient (Wildman–Crippen LogP) is 1.07. The molecule has 0 spiro atoms. The van der Waals surface area contributed by atoms with Crippen molar-refractivity contribution in [3.8, 4) is 5.75 Å². The third-order valence-electron chi connectivity index (χ3n) is 2.71. The first-order chi connectivity index (χ1) is 9.28. The first kappa shape index (κ1) is 13.6. The maximum atomic E-state index is 10.8. The van der Waals surface area contributed by atoms with Gasteiger partial charge < -0.3 is 20.1 Å². The number of hydrogen-bond donors (Lipinski definition) is 2. The van der Waals surface area contributed by atoms with Crippen LogP contribution in [0, 0.1) is 0 Å². The average Bonchev–Trinajstić information content (AvgIpc) is 2.84. The Balaban J connectivity index is 1.73. The van der Waals surface area contributed by atoms with Crippen molar-refractivity contribution in [2.24, 2.45) is 0 Å². The Kier molecular flexibility index (Phi) is 4.97. The van der Waals surface area contributed by atoms with E-state index in [1.54, 1.807) is 6.20 Å². The number of amides is 1. The minimum Gasteiger partial charge on any atom is -0.488 e. The molecule has 2 heterocycles. The summed E-state index contributed by atoms with van der Waals surface area (Å²) < 4.78 is 10.5. The topological polar surface area (TPSA) is 72.5 Å².